The molecule has 25 heavy (non-hydrogen) atoms. The normalized spacial score (nSPS) is 28.0. The van der Waals surface area contributed by atoms with Crippen LogP contribution in [-0.4, -0.2) is 71.2 Å². The molecule has 0 radical (unpaired) electrons. The highest BCUT2D eigenvalue weighted by Crippen LogP contribution is 2.23. The van der Waals surface area contributed by atoms with Crippen molar-refractivity contribution >= 4 is 5.91 Å². The van der Waals surface area contributed by atoms with E-state index in [0.717, 1.165) is 71.1 Å². The number of hydrogen-bond donors (Lipinski definition) is 0. The lowest BCUT2D eigenvalue weighted by atomic mass is 9.97. The van der Waals surface area contributed by atoms with Gasteiger partial charge in [0.25, 0.3) is 5.91 Å². The molecule has 6 nitrogen and oxygen atoms in total. The van der Waals surface area contributed by atoms with Gasteiger partial charge >= 0.3 is 0 Å². The van der Waals surface area contributed by atoms with Crippen LogP contribution in [0.4, 0.5) is 0 Å². The van der Waals surface area contributed by atoms with E-state index in [-0.39, 0.29) is 5.91 Å². The average molecular weight is 346 g/mol. The lowest BCUT2D eigenvalue weighted by Gasteiger charge is -2.36. The first-order valence-electron chi connectivity index (χ1n) is 9.84. The van der Waals surface area contributed by atoms with Gasteiger partial charge in [0.05, 0.1) is 13.2 Å². The van der Waals surface area contributed by atoms with Gasteiger partial charge in [-0.15, -0.1) is 0 Å². The van der Waals surface area contributed by atoms with Gasteiger partial charge in [-0.1, -0.05) is 6.92 Å². The number of aromatic nitrogens is 2. The fourth-order valence-corrected chi connectivity index (χ4v) is 4.43. The van der Waals surface area contributed by atoms with E-state index in [0.29, 0.717) is 17.5 Å². The summed E-state index contributed by atoms with van der Waals surface area (Å²) in [4.78, 5) is 22.1. The molecule has 6 heteroatoms. The summed E-state index contributed by atoms with van der Waals surface area (Å²) in [5, 5.41) is 0. The molecular formula is C19H30N4O2. The maximum Gasteiger partial charge on any atom is 0.274 e. The van der Waals surface area contributed by atoms with Crippen LogP contribution in [0.25, 0.3) is 0 Å². The van der Waals surface area contributed by atoms with Crippen LogP contribution in [-0.2, 0) is 17.7 Å². The maximum atomic E-state index is 13.0. The van der Waals surface area contributed by atoms with Crippen molar-refractivity contribution in [2.24, 2.45) is 11.8 Å². The Morgan fingerprint density at radius 2 is 2.08 bits per heavy atom. The van der Waals surface area contributed by atoms with E-state index in [9.17, 15) is 4.79 Å². The number of morpholine rings is 1. The highest BCUT2D eigenvalue weighted by atomic mass is 16.5. The quantitative estimate of drug-likeness (QED) is 0.835. The van der Waals surface area contributed by atoms with Gasteiger partial charge < -0.3 is 14.2 Å². The third-order valence-electron chi connectivity index (χ3n) is 5.87. The standard InChI is InChI=1S/C19H30N4O2/c1-15-4-5-18-20-17(14-23(18)11-15)19(24)22-6-2-3-16(13-22)12-21-7-9-25-10-8-21/h14-16H,2-13H2,1H3/t15?,16-/m1/s1. The number of likely N-dealkylation sites (tertiary alicyclic amines) is 1. The Balaban J connectivity index is 1.38. The highest BCUT2D eigenvalue weighted by molar-refractivity contribution is 5.92. The lowest BCUT2D eigenvalue weighted by molar-refractivity contribution is 0.0223. The summed E-state index contributed by atoms with van der Waals surface area (Å²) in [6.45, 7) is 9.82. The molecule has 3 aliphatic heterocycles. The van der Waals surface area contributed by atoms with E-state index in [2.05, 4.69) is 21.4 Å². The Morgan fingerprint density at radius 1 is 1.24 bits per heavy atom. The van der Waals surface area contributed by atoms with Crippen LogP contribution in [0.2, 0.25) is 0 Å². The first-order valence-corrected chi connectivity index (χ1v) is 9.84. The third-order valence-corrected chi connectivity index (χ3v) is 5.87. The maximum absolute atomic E-state index is 13.0. The molecule has 1 amide bonds. The number of carbonyl (C=O) groups excluding carboxylic acids is 1. The van der Waals surface area contributed by atoms with Gasteiger partial charge in [-0.2, -0.15) is 0 Å². The Labute approximate surface area is 150 Å². The smallest absolute Gasteiger partial charge is 0.274 e. The molecule has 0 N–H and O–H groups in total. The second kappa shape index (κ2) is 7.46. The Bertz CT molecular complexity index is 609. The summed E-state index contributed by atoms with van der Waals surface area (Å²) in [6, 6.07) is 0. The molecule has 0 bridgehead atoms. The second-order valence-electron chi connectivity index (χ2n) is 8.01. The molecule has 2 atom stereocenters. The van der Waals surface area contributed by atoms with Crippen LogP contribution in [0.3, 0.4) is 0 Å². The van der Waals surface area contributed by atoms with E-state index in [4.69, 9.17) is 4.74 Å². The lowest BCUT2D eigenvalue weighted by Crippen LogP contribution is -2.46. The monoisotopic (exact) mass is 346 g/mol. The van der Waals surface area contributed by atoms with Crippen LogP contribution < -0.4 is 0 Å². The van der Waals surface area contributed by atoms with Gasteiger partial charge in [0.15, 0.2) is 0 Å². The van der Waals surface area contributed by atoms with Crippen molar-refractivity contribution in [3.05, 3.63) is 17.7 Å². The number of piperidine rings is 1. The highest BCUT2D eigenvalue weighted by Gasteiger charge is 2.28. The third kappa shape index (κ3) is 3.90. The molecule has 2 fully saturated rings. The number of ether oxygens (including phenoxy) is 1. The fourth-order valence-electron chi connectivity index (χ4n) is 4.43. The molecule has 138 valence electrons. The van der Waals surface area contributed by atoms with Gasteiger partial charge in [0.2, 0.25) is 0 Å². The van der Waals surface area contributed by atoms with Crippen LogP contribution in [0.5, 0.6) is 0 Å². The Kier molecular flexibility index (Phi) is 5.08. The summed E-state index contributed by atoms with van der Waals surface area (Å²) in [5.41, 5.74) is 0.649. The summed E-state index contributed by atoms with van der Waals surface area (Å²) in [6.07, 6.45) is 6.48. The average Bonchev–Trinajstić information content (AvgIpc) is 3.05. The largest absolute Gasteiger partial charge is 0.379 e. The van der Waals surface area contributed by atoms with Gasteiger partial charge in [0, 0.05) is 51.9 Å². The molecular weight excluding hydrogens is 316 g/mol. The first kappa shape index (κ1) is 17.0. The summed E-state index contributed by atoms with van der Waals surface area (Å²) in [7, 11) is 0. The molecule has 1 unspecified atom stereocenters. The number of nitrogens with zero attached hydrogens (tertiary/aromatic N) is 4. The molecule has 4 heterocycles. The molecule has 1 aromatic rings. The number of carbonyl (C=O) groups is 1. The fraction of sp³-hybridized carbons (Fsp3) is 0.789. The van der Waals surface area contributed by atoms with Gasteiger partial charge in [-0.3, -0.25) is 9.69 Å². The predicted octanol–water partition coefficient (Wildman–Crippen LogP) is 1.65. The number of hydrogen-bond acceptors (Lipinski definition) is 4. The van der Waals surface area contributed by atoms with Gasteiger partial charge in [-0.25, -0.2) is 4.98 Å². The molecule has 1 aromatic heterocycles. The van der Waals surface area contributed by atoms with E-state index in [1.54, 1.807) is 0 Å². The van der Waals surface area contributed by atoms with Crippen LogP contribution >= 0.6 is 0 Å². The second-order valence-corrected chi connectivity index (χ2v) is 8.01. The molecule has 0 saturated carbocycles. The zero-order chi connectivity index (χ0) is 17.2. The van der Waals surface area contributed by atoms with E-state index < -0.39 is 0 Å². The van der Waals surface area contributed by atoms with E-state index >= 15 is 0 Å². The van der Waals surface area contributed by atoms with Crippen molar-refractivity contribution in [3.63, 3.8) is 0 Å². The molecule has 4 rings (SSSR count). The first-order chi connectivity index (χ1) is 12.2. The molecule has 0 aromatic carbocycles. The summed E-state index contributed by atoms with van der Waals surface area (Å²) < 4.78 is 7.63. The van der Waals surface area contributed by atoms with Crippen molar-refractivity contribution < 1.29 is 9.53 Å². The Morgan fingerprint density at radius 3 is 2.92 bits per heavy atom. The SMILES string of the molecule is CC1CCc2nc(C(=O)N3CCC[C@H](CN4CCOCC4)C3)cn2C1. The van der Waals surface area contributed by atoms with Crippen molar-refractivity contribution in [1.82, 2.24) is 19.4 Å². The Hall–Kier alpha value is -1.40. The van der Waals surface area contributed by atoms with Crippen LogP contribution in [0.1, 0.15) is 42.5 Å². The zero-order valence-corrected chi connectivity index (χ0v) is 15.3. The zero-order valence-electron chi connectivity index (χ0n) is 15.3. The van der Waals surface area contributed by atoms with Crippen molar-refractivity contribution in [2.45, 2.75) is 39.2 Å². The predicted molar refractivity (Wildman–Crippen MR) is 95.6 cm³/mol. The number of imidazole rings is 1. The molecule has 0 aliphatic carbocycles. The minimum Gasteiger partial charge on any atom is -0.379 e. The molecule has 2 saturated heterocycles. The van der Waals surface area contributed by atoms with Crippen molar-refractivity contribution in [2.75, 3.05) is 45.9 Å². The minimum absolute atomic E-state index is 0.126. The van der Waals surface area contributed by atoms with Gasteiger partial charge in [-0.05, 0) is 31.1 Å². The topological polar surface area (TPSA) is 50.6 Å². The van der Waals surface area contributed by atoms with Crippen LogP contribution in [0, 0.1) is 11.8 Å². The minimum atomic E-state index is 0.126. The number of amides is 1. The van der Waals surface area contributed by atoms with E-state index in [1.165, 1.54) is 12.8 Å². The van der Waals surface area contributed by atoms with Gasteiger partial charge in [0.1, 0.15) is 11.5 Å². The van der Waals surface area contributed by atoms with Crippen molar-refractivity contribution in [3.8, 4) is 0 Å². The number of fused-ring (bicyclic) bond motifs is 1. The summed E-state index contributed by atoms with van der Waals surface area (Å²) >= 11 is 0. The van der Waals surface area contributed by atoms with E-state index in [1.807, 2.05) is 11.1 Å². The van der Waals surface area contributed by atoms with Crippen LogP contribution in [0.15, 0.2) is 6.20 Å². The molecule has 0 spiro atoms. The van der Waals surface area contributed by atoms with Crippen molar-refractivity contribution in [1.29, 1.82) is 0 Å². The number of aryl methyl sites for hydroxylation is 1. The molecule has 3 aliphatic rings. The number of rotatable bonds is 3. The summed E-state index contributed by atoms with van der Waals surface area (Å²) in [5.74, 6) is 2.47.